The number of hydrogen-bond donors (Lipinski definition) is 1. The molecule has 0 amide bonds. The summed E-state index contributed by atoms with van der Waals surface area (Å²) in [5.41, 5.74) is 5.56. The van der Waals surface area contributed by atoms with Gasteiger partial charge >= 0.3 is 6.18 Å². The third-order valence-corrected chi connectivity index (χ3v) is 5.23. The van der Waals surface area contributed by atoms with Gasteiger partial charge in [-0.25, -0.2) is 13.4 Å². The number of nitrogens with two attached hydrogens (primary N) is 1. The van der Waals surface area contributed by atoms with Crippen LogP contribution in [0.3, 0.4) is 0 Å². The topological polar surface area (TPSA) is 85.5 Å². The zero-order chi connectivity index (χ0) is 16.4. The van der Waals surface area contributed by atoms with E-state index in [2.05, 4.69) is 9.72 Å². The summed E-state index contributed by atoms with van der Waals surface area (Å²) in [6.45, 7) is -0.885. The van der Waals surface area contributed by atoms with Gasteiger partial charge in [-0.3, -0.25) is 0 Å². The number of rotatable bonds is 5. The van der Waals surface area contributed by atoms with Gasteiger partial charge in [0, 0.05) is 25.2 Å². The highest BCUT2D eigenvalue weighted by molar-refractivity contribution is 7.89. The molecule has 1 aliphatic heterocycles. The van der Waals surface area contributed by atoms with Gasteiger partial charge in [0.05, 0.1) is 6.20 Å². The van der Waals surface area contributed by atoms with Crippen LogP contribution in [0.2, 0.25) is 0 Å². The first-order valence-electron chi connectivity index (χ1n) is 6.61. The van der Waals surface area contributed by atoms with Crippen LogP contribution in [0.5, 0.6) is 5.88 Å². The summed E-state index contributed by atoms with van der Waals surface area (Å²) in [6.07, 6.45) is -2.07. The Kier molecular flexibility index (Phi) is 4.93. The number of hydrogen-bond acceptors (Lipinski definition) is 5. The van der Waals surface area contributed by atoms with Gasteiger partial charge in [-0.1, -0.05) is 0 Å². The zero-order valence-corrected chi connectivity index (χ0v) is 12.4. The smallest absolute Gasteiger partial charge is 0.422 e. The summed E-state index contributed by atoms with van der Waals surface area (Å²) < 4.78 is 66.7. The summed E-state index contributed by atoms with van der Waals surface area (Å²) in [4.78, 5) is 3.52. The zero-order valence-electron chi connectivity index (χ0n) is 11.6. The standard InChI is InChI=1S/C12H16F3N3O3S/c13-12(14,15)8-21-11-4-3-10(7-17-11)22(19,20)18-5-1-2-9(18)6-16/h3-4,7,9H,1-2,5-6,8,16H2/t9-/m0/s1. The number of pyridine rings is 1. The summed E-state index contributed by atoms with van der Waals surface area (Å²) in [7, 11) is -3.75. The Morgan fingerprint density at radius 2 is 2.14 bits per heavy atom. The minimum absolute atomic E-state index is 0.0905. The average Bonchev–Trinajstić information content (AvgIpc) is 2.94. The number of ether oxygens (including phenoxy) is 1. The highest BCUT2D eigenvalue weighted by Gasteiger charge is 2.34. The van der Waals surface area contributed by atoms with Crippen LogP contribution < -0.4 is 10.5 Å². The van der Waals surface area contributed by atoms with Crippen LogP contribution >= 0.6 is 0 Å². The quantitative estimate of drug-likeness (QED) is 0.869. The highest BCUT2D eigenvalue weighted by Crippen LogP contribution is 2.26. The van der Waals surface area contributed by atoms with Gasteiger partial charge in [0.1, 0.15) is 4.90 Å². The molecule has 2 rings (SSSR count). The van der Waals surface area contributed by atoms with Crippen LogP contribution in [-0.4, -0.2) is 49.6 Å². The lowest BCUT2D eigenvalue weighted by molar-refractivity contribution is -0.154. The lowest BCUT2D eigenvalue weighted by Crippen LogP contribution is -2.39. The first kappa shape index (κ1) is 17.0. The van der Waals surface area contributed by atoms with Crippen molar-refractivity contribution in [3.05, 3.63) is 18.3 Å². The number of sulfonamides is 1. The lowest BCUT2D eigenvalue weighted by Gasteiger charge is -2.22. The van der Waals surface area contributed by atoms with Crippen molar-refractivity contribution in [2.45, 2.75) is 30.0 Å². The van der Waals surface area contributed by atoms with E-state index in [4.69, 9.17) is 5.73 Å². The van der Waals surface area contributed by atoms with E-state index >= 15 is 0 Å². The molecule has 0 saturated carbocycles. The van der Waals surface area contributed by atoms with Crippen LogP contribution in [0.25, 0.3) is 0 Å². The number of nitrogens with zero attached hydrogens (tertiary/aromatic N) is 2. The molecule has 1 saturated heterocycles. The van der Waals surface area contributed by atoms with E-state index in [0.717, 1.165) is 18.7 Å². The molecule has 0 aliphatic carbocycles. The monoisotopic (exact) mass is 339 g/mol. The molecular weight excluding hydrogens is 323 g/mol. The second-order valence-corrected chi connectivity index (χ2v) is 6.77. The molecule has 1 aliphatic rings. The van der Waals surface area contributed by atoms with Gasteiger partial charge in [-0.05, 0) is 18.9 Å². The van der Waals surface area contributed by atoms with Gasteiger partial charge in [-0.2, -0.15) is 17.5 Å². The molecule has 0 unspecified atom stereocenters. The summed E-state index contributed by atoms with van der Waals surface area (Å²) in [5, 5.41) is 0. The fourth-order valence-corrected chi connectivity index (χ4v) is 3.91. The summed E-state index contributed by atoms with van der Waals surface area (Å²) in [5.74, 6) is -0.284. The summed E-state index contributed by atoms with van der Waals surface area (Å²) in [6, 6.07) is 2.03. The molecule has 6 nitrogen and oxygen atoms in total. The fraction of sp³-hybridized carbons (Fsp3) is 0.583. The first-order chi connectivity index (χ1) is 10.2. The maximum absolute atomic E-state index is 12.4. The van der Waals surface area contributed by atoms with E-state index in [1.54, 1.807) is 0 Å². The third-order valence-electron chi connectivity index (χ3n) is 3.29. The molecule has 124 valence electrons. The SMILES string of the molecule is NC[C@@H]1CCCN1S(=O)(=O)c1ccc(OCC(F)(F)F)nc1. The second kappa shape index (κ2) is 6.39. The molecular formula is C12H16F3N3O3S. The normalized spacial score (nSPS) is 20.3. The lowest BCUT2D eigenvalue weighted by atomic mass is 10.2. The molecule has 1 aromatic heterocycles. The van der Waals surface area contributed by atoms with Crippen molar-refractivity contribution in [1.29, 1.82) is 0 Å². The Bertz CT molecular complexity index is 604. The molecule has 1 fully saturated rings. The van der Waals surface area contributed by atoms with E-state index in [9.17, 15) is 21.6 Å². The predicted molar refractivity (Wildman–Crippen MR) is 71.8 cm³/mol. The van der Waals surface area contributed by atoms with Crippen molar-refractivity contribution in [3.63, 3.8) is 0 Å². The van der Waals surface area contributed by atoms with Crippen molar-refractivity contribution >= 4 is 10.0 Å². The summed E-state index contributed by atoms with van der Waals surface area (Å²) >= 11 is 0. The fourth-order valence-electron chi connectivity index (χ4n) is 2.26. The third kappa shape index (κ3) is 3.87. The Morgan fingerprint density at radius 1 is 1.41 bits per heavy atom. The van der Waals surface area contributed by atoms with Crippen molar-refractivity contribution in [2.24, 2.45) is 5.73 Å². The van der Waals surface area contributed by atoms with Crippen LogP contribution in [0.15, 0.2) is 23.2 Å². The van der Waals surface area contributed by atoms with Crippen molar-refractivity contribution in [2.75, 3.05) is 19.7 Å². The Morgan fingerprint density at radius 3 is 2.68 bits per heavy atom. The first-order valence-corrected chi connectivity index (χ1v) is 8.05. The van der Waals surface area contributed by atoms with Crippen molar-refractivity contribution in [3.8, 4) is 5.88 Å². The molecule has 1 atom stereocenters. The van der Waals surface area contributed by atoms with Gasteiger partial charge < -0.3 is 10.5 Å². The Labute approximate surface area is 126 Å². The predicted octanol–water partition coefficient (Wildman–Crippen LogP) is 1.13. The molecule has 0 bridgehead atoms. The maximum atomic E-state index is 12.4. The van der Waals surface area contributed by atoms with Gasteiger partial charge in [0.25, 0.3) is 0 Å². The van der Waals surface area contributed by atoms with Gasteiger partial charge in [0.15, 0.2) is 6.61 Å². The van der Waals surface area contributed by atoms with E-state index in [0.29, 0.717) is 13.0 Å². The number of alkyl halides is 3. The van der Waals surface area contributed by atoms with E-state index in [1.165, 1.54) is 10.4 Å². The number of aromatic nitrogens is 1. The van der Waals surface area contributed by atoms with Crippen LogP contribution in [-0.2, 0) is 10.0 Å². The molecule has 1 aromatic rings. The highest BCUT2D eigenvalue weighted by atomic mass is 32.2. The van der Waals surface area contributed by atoms with Crippen LogP contribution in [0.4, 0.5) is 13.2 Å². The van der Waals surface area contributed by atoms with E-state index in [-0.39, 0.29) is 23.4 Å². The number of halogens is 3. The van der Waals surface area contributed by atoms with Gasteiger partial charge in [-0.15, -0.1) is 0 Å². The minimum atomic E-state index is -4.48. The molecule has 22 heavy (non-hydrogen) atoms. The van der Waals surface area contributed by atoms with E-state index in [1.807, 2.05) is 0 Å². The molecule has 0 spiro atoms. The van der Waals surface area contributed by atoms with Crippen LogP contribution in [0.1, 0.15) is 12.8 Å². The largest absolute Gasteiger partial charge is 0.468 e. The van der Waals surface area contributed by atoms with Crippen LogP contribution in [0, 0.1) is 0 Å². The van der Waals surface area contributed by atoms with Gasteiger partial charge in [0.2, 0.25) is 15.9 Å². The average molecular weight is 339 g/mol. The molecule has 0 radical (unpaired) electrons. The second-order valence-electron chi connectivity index (χ2n) is 4.88. The van der Waals surface area contributed by atoms with Crippen molar-refractivity contribution < 1.29 is 26.3 Å². The molecule has 0 aromatic carbocycles. The van der Waals surface area contributed by atoms with E-state index < -0.39 is 22.8 Å². The maximum Gasteiger partial charge on any atom is 0.422 e. The molecule has 2 N–H and O–H groups in total. The minimum Gasteiger partial charge on any atom is -0.468 e. The molecule has 2 heterocycles. The Balaban J connectivity index is 2.12. The Hall–Kier alpha value is -1.39. The molecule has 10 heteroatoms. The van der Waals surface area contributed by atoms with Crippen molar-refractivity contribution in [1.82, 2.24) is 9.29 Å².